The zero-order valence-electron chi connectivity index (χ0n) is 11.2. The van der Waals surface area contributed by atoms with E-state index in [0.29, 0.717) is 16.9 Å². The van der Waals surface area contributed by atoms with Crippen LogP contribution < -0.4 is 5.56 Å². The number of nitro benzene ring substituents is 1. The molecule has 0 aliphatic heterocycles. The summed E-state index contributed by atoms with van der Waals surface area (Å²) in [6.45, 7) is 0. The number of benzene rings is 2. The second-order valence-corrected chi connectivity index (χ2v) is 5.45. The third-order valence-electron chi connectivity index (χ3n) is 3.20. The van der Waals surface area contributed by atoms with Crippen molar-refractivity contribution in [2.24, 2.45) is 0 Å². The molecular weight excluding hydrogens is 350 g/mol. The number of aromatic nitrogens is 2. The third-order valence-corrected chi connectivity index (χ3v) is 3.87. The molecule has 0 aliphatic carbocycles. The molecule has 3 rings (SSSR count). The van der Waals surface area contributed by atoms with Gasteiger partial charge in [-0.2, -0.15) is 0 Å². The summed E-state index contributed by atoms with van der Waals surface area (Å²) < 4.78 is 2.20. The first-order chi connectivity index (χ1) is 10.6. The number of non-ortho nitro benzene ring substituents is 1. The molecule has 0 radical (unpaired) electrons. The number of aromatic amines is 1. The van der Waals surface area contributed by atoms with E-state index < -0.39 is 4.92 Å². The van der Waals surface area contributed by atoms with Crippen molar-refractivity contribution in [2.75, 3.05) is 0 Å². The molecule has 3 aromatic rings. The van der Waals surface area contributed by atoms with Crippen LogP contribution in [-0.4, -0.2) is 14.7 Å². The predicted octanol–water partition coefficient (Wildman–Crippen LogP) is 3.50. The fourth-order valence-electron chi connectivity index (χ4n) is 2.12. The summed E-state index contributed by atoms with van der Waals surface area (Å²) in [6.07, 6.45) is 0. The highest BCUT2D eigenvalue weighted by molar-refractivity contribution is 9.10. The van der Waals surface area contributed by atoms with Crippen LogP contribution in [0.2, 0.25) is 0 Å². The van der Waals surface area contributed by atoms with Gasteiger partial charge in [0.25, 0.3) is 11.2 Å². The van der Waals surface area contributed by atoms with Crippen molar-refractivity contribution >= 4 is 21.6 Å². The van der Waals surface area contributed by atoms with E-state index in [1.807, 2.05) is 24.3 Å². The Kier molecular flexibility index (Phi) is 3.64. The zero-order chi connectivity index (χ0) is 15.7. The van der Waals surface area contributed by atoms with E-state index in [1.54, 1.807) is 12.1 Å². The summed E-state index contributed by atoms with van der Waals surface area (Å²) in [5, 5.41) is 13.7. The highest BCUT2D eigenvalue weighted by Crippen LogP contribution is 2.22. The molecule has 0 aliphatic rings. The Bertz CT molecular complexity index is 897. The van der Waals surface area contributed by atoms with Crippen molar-refractivity contribution in [1.82, 2.24) is 9.78 Å². The summed E-state index contributed by atoms with van der Waals surface area (Å²) in [6, 6.07) is 14.8. The van der Waals surface area contributed by atoms with Gasteiger partial charge in [0, 0.05) is 28.2 Å². The molecule has 1 aromatic heterocycles. The molecule has 6 nitrogen and oxygen atoms in total. The number of nitrogens with one attached hydrogen (secondary N) is 1. The maximum Gasteiger partial charge on any atom is 0.271 e. The number of halogens is 1. The van der Waals surface area contributed by atoms with Crippen molar-refractivity contribution in [3.63, 3.8) is 0 Å². The van der Waals surface area contributed by atoms with E-state index in [2.05, 4.69) is 21.0 Å². The number of hydrogen-bond acceptors (Lipinski definition) is 3. The van der Waals surface area contributed by atoms with Crippen LogP contribution >= 0.6 is 15.9 Å². The average molecular weight is 360 g/mol. The molecule has 0 saturated carbocycles. The van der Waals surface area contributed by atoms with Gasteiger partial charge in [0.1, 0.15) is 0 Å². The van der Waals surface area contributed by atoms with Gasteiger partial charge in [-0.3, -0.25) is 20.0 Å². The molecule has 0 saturated heterocycles. The van der Waals surface area contributed by atoms with E-state index >= 15 is 0 Å². The molecule has 0 spiro atoms. The monoisotopic (exact) mass is 359 g/mol. The fraction of sp³-hybridized carbons (Fsp3) is 0. The lowest BCUT2D eigenvalue weighted by Gasteiger charge is -2.04. The third kappa shape index (κ3) is 2.58. The minimum absolute atomic E-state index is 0.0105. The molecule has 2 aromatic carbocycles. The Morgan fingerprint density at radius 3 is 2.41 bits per heavy atom. The van der Waals surface area contributed by atoms with E-state index in [9.17, 15) is 14.9 Å². The maximum absolute atomic E-state index is 12.1. The molecule has 110 valence electrons. The highest BCUT2D eigenvalue weighted by Gasteiger charge is 2.10. The number of para-hydroxylation sites is 1. The Balaban J connectivity index is 2.04. The first-order valence-corrected chi connectivity index (χ1v) is 7.17. The minimum Gasteiger partial charge on any atom is -0.290 e. The first-order valence-electron chi connectivity index (χ1n) is 6.38. The van der Waals surface area contributed by atoms with Crippen LogP contribution in [0.15, 0.2) is 63.9 Å². The zero-order valence-corrected chi connectivity index (χ0v) is 12.8. The summed E-state index contributed by atoms with van der Waals surface area (Å²) in [5.74, 6) is 0. The molecule has 7 heteroatoms. The Morgan fingerprint density at radius 2 is 1.77 bits per heavy atom. The van der Waals surface area contributed by atoms with Gasteiger partial charge in [-0.25, -0.2) is 4.68 Å². The number of nitro groups is 1. The smallest absolute Gasteiger partial charge is 0.271 e. The lowest BCUT2D eigenvalue weighted by atomic mass is 10.1. The van der Waals surface area contributed by atoms with E-state index in [0.717, 1.165) is 4.47 Å². The molecule has 0 atom stereocenters. The fourth-order valence-corrected chi connectivity index (χ4v) is 2.58. The molecular formula is C15H10BrN3O3. The van der Waals surface area contributed by atoms with Crippen molar-refractivity contribution in [1.29, 1.82) is 0 Å². The SMILES string of the molecule is O=c1cc(-c2ccc([N+](=O)[O-])cc2)[nH]n1-c1ccccc1Br. The molecule has 0 amide bonds. The van der Waals surface area contributed by atoms with Crippen LogP contribution in [0.25, 0.3) is 16.9 Å². The van der Waals surface area contributed by atoms with Crippen molar-refractivity contribution < 1.29 is 4.92 Å². The number of rotatable bonds is 3. The first kappa shape index (κ1) is 14.3. The van der Waals surface area contributed by atoms with Gasteiger partial charge in [-0.1, -0.05) is 12.1 Å². The highest BCUT2D eigenvalue weighted by atomic mass is 79.9. The topological polar surface area (TPSA) is 80.9 Å². The van der Waals surface area contributed by atoms with Crippen LogP contribution in [-0.2, 0) is 0 Å². The van der Waals surface area contributed by atoms with E-state index in [-0.39, 0.29) is 11.2 Å². The Hall–Kier alpha value is -2.67. The summed E-state index contributed by atoms with van der Waals surface area (Å²) in [4.78, 5) is 22.4. The Labute approximate surface area is 133 Å². The van der Waals surface area contributed by atoms with Gasteiger partial charge >= 0.3 is 0 Å². The van der Waals surface area contributed by atoms with Crippen LogP contribution in [0.3, 0.4) is 0 Å². The standard InChI is InChI=1S/C15H10BrN3O3/c16-12-3-1-2-4-14(12)18-15(20)9-13(17-18)10-5-7-11(8-6-10)19(21)22/h1-9,17H. The van der Waals surface area contributed by atoms with Gasteiger partial charge in [-0.15, -0.1) is 0 Å². The van der Waals surface area contributed by atoms with Crippen LogP contribution in [0.5, 0.6) is 0 Å². The number of hydrogen-bond donors (Lipinski definition) is 1. The van der Waals surface area contributed by atoms with Gasteiger partial charge in [-0.05, 0) is 40.2 Å². The summed E-state index contributed by atoms with van der Waals surface area (Å²) in [5.41, 5.74) is 1.79. The van der Waals surface area contributed by atoms with Gasteiger partial charge in [0.05, 0.1) is 16.3 Å². The van der Waals surface area contributed by atoms with Gasteiger partial charge in [0.2, 0.25) is 0 Å². The lowest BCUT2D eigenvalue weighted by Crippen LogP contribution is -2.13. The molecule has 1 N–H and O–H groups in total. The van der Waals surface area contributed by atoms with Crippen LogP contribution in [0, 0.1) is 10.1 Å². The van der Waals surface area contributed by atoms with E-state index in [1.165, 1.54) is 22.9 Å². The normalized spacial score (nSPS) is 10.6. The van der Waals surface area contributed by atoms with Crippen molar-refractivity contribution in [2.45, 2.75) is 0 Å². The Morgan fingerprint density at radius 1 is 1.09 bits per heavy atom. The van der Waals surface area contributed by atoms with Gasteiger partial charge in [0.15, 0.2) is 0 Å². The minimum atomic E-state index is -0.460. The van der Waals surface area contributed by atoms with Crippen LogP contribution in [0.4, 0.5) is 5.69 Å². The van der Waals surface area contributed by atoms with Crippen molar-refractivity contribution in [3.05, 3.63) is 79.5 Å². The molecule has 0 unspecified atom stereocenters. The van der Waals surface area contributed by atoms with Crippen molar-refractivity contribution in [3.8, 4) is 16.9 Å². The maximum atomic E-state index is 12.1. The number of nitrogens with zero attached hydrogens (tertiary/aromatic N) is 2. The quantitative estimate of drug-likeness (QED) is 0.573. The van der Waals surface area contributed by atoms with Gasteiger partial charge < -0.3 is 0 Å². The van der Waals surface area contributed by atoms with Crippen LogP contribution in [0.1, 0.15) is 0 Å². The molecule has 22 heavy (non-hydrogen) atoms. The molecule has 0 bridgehead atoms. The van der Waals surface area contributed by atoms with E-state index in [4.69, 9.17) is 0 Å². The molecule has 1 heterocycles. The predicted molar refractivity (Wildman–Crippen MR) is 86.2 cm³/mol. The molecule has 0 fully saturated rings. The lowest BCUT2D eigenvalue weighted by molar-refractivity contribution is -0.384. The summed E-state index contributed by atoms with van der Waals surface area (Å²) in [7, 11) is 0. The number of H-pyrrole nitrogens is 1. The second-order valence-electron chi connectivity index (χ2n) is 4.60. The summed E-state index contributed by atoms with van der Waals surface area (Å²) >= 11 is 3.40. The largest absolute Gasteiger partial charge is 0.290 e. The average Bonchev–Trinajstić information content (AvgIpc) is 2.90. The second kappa shape index (κ2) is 5.61.